The molecule has 3 heterocycles. The van der Waals surface area contributed by atoms with Gasteiger partial charge in [0, 0.05) is 7.11 Å². The molecule has 3 atom stereocenters. The van der Waals surface area contributed by atoms with Crippen LogP contribution in [0.4, 0.5) is 0 Å². The van der Waals surface area contributed by atoms with Crippen LogP contribution in [0.3, 0.4) is 0 Å². The summed E-state index contributed by atoms with van der Waals surface area (Å²) in [5, 5.41) is 3.05. The van der Waals surface area contributed by atoms with E-state index in [0.29, 0.717) is 0 Å². The highest BCUT2D eigenvalue weighted by Gasteiger charge is 2.48. The first-order chi connectivity index (χ1) is 9.81. The molecule has 0 aromatic carbocycles. The van der Waals surface area contributed by atoms with Crippen molar-refractivity contribution in [3.63, 3.8) is 0 Å². The Balaban J connectivity index is 1.78. The standard InChI is InChI=1S/C15H27N3O2/c1-20-15-13(18-10-6-3-7-11-18)12(14(19)16-15)17-8-4-2-5-9-17/h12-13,15H,2-11H2,1H3,(H,16,19). The van der Waals surface area contributed by atoms with E-state index in [1.165, 1.54) is 38.5 Å². The summed E-state index contributed by atoms with van der Waals surface area (Å²) in [5.41, 5.74) is 0. The molecular formula is C15H27N3O2. The molecule has 5 nitrogen and oxygen atoms in total. The average molecular weight is 281 g/mol. The second-order valence-electron chi connectivity index (χ2n) is 6.29. The minimum Gasteiger partial charge on any atom is -0.360 e. The van der Waals surface area contributed by atoms with Gasteiger partial charge < -0.3 is 10.1 Å². The van der Waals surface area contributed by atoms with Gasteiger partial charge in [0.15, 0.2) is 0 Å². The van der Waals surface area contributed by atoms with Crippen molar-refractivity contribution in [2.45, 2.75) is 56.8 Å². The van der Waals surface area contributed by atoms with E-state index in [-0.39, 0.29) is 24.2 Å². The van der Waals surface area contributed by atoms with E-state index in [0.717, 1.165) is 26.2 Å². The van der Waals surface area contributed by atoms with Crippen molar-refractivity contribution in [3.05, 3.63) is 0 Å². The van der Waals surface area contributed by atoms with Crippen LogP contribution in [0.15, 0.2) is 0 Å². The lowest BCUT2D eigenvalue weighted by molar-refractivity contribution is -0.125. The molecule has 3 rings (SSSR count). The normalized spacial score (nSPS) is 37.0. The molecule has 0 aromatic rings. The van der Waals surface area contributed by atoms with Crippen LogP contribution in [0.1, 0.15) is 38.5 Å². The van der Waals surface area contributed by atoms with Gasteiger partial charge in [0.2, 0.25) is 5.91 Å². The molecule has 0 aliphatic carbocycles. The number of methoxy groups -OCH3 is 1. The number of piperidine rings is 2. The van der Waals surface area contributed by atoms with E-state index < -0.39 is 0 Å². The minimum absolute atomic E-state index is 0.0154. The van der Waals surface area contributed by atoms with E-state index in [2.05, 4.69) is 15.1 Å². The van der Waals surface area contributed by atoms with Gasteiger partial charge in [-0.15, -0.1) is 0 Å². The first-order valence-electron chi connectivity index (χ1n) is 8.12. The van der Waals surface area contributed by atoms with Crippen molar-refractivity contribution in [2.75, 3.05) is 33.3 Å². The lowest BCUT2D eigenvalue weighted by atomic mass is 10.00. The third kappa shape index (κ3) is 2.71. The second kappa shape index (κ2) is 6.41. The Labute approximate surface area is 121 Å². The number of hydrogen-bond donors (Lipinski definition) is 1. The van der Waals surface area contributed by atoms with Gasteiger partial charge in [0.25, 0.3) is 0 Å². The Kier molecular flexibility index (Phi) is 4.58. The largest absolute Gasteiger partial charge is 0.360 e. The predicted molar refractivity (Wildman–Crippen MR) is 77.4 cm³/mol. The molecule has 0 saturated carbocycles. The van der Waals surface area contributed by atoms with Gasteiger partial charge >= 0.3 is 0 Å². The number of amides is 1. The third-order valence-electron chi connectivity index (χ3n) is 5.04. The van der Waals surface area contributed by atoms with Gasteiger partial charge in [0.05, 0.1) is 6.04 Å². The molecule has 20 heavy (non-hydrogen) atoms. The summed E-state index contributed by atoms with van der Waals surface area (Å²) < 4.78 is 5.57. The average Bonchev–Trinajstić information content (AvgIpc) is 2.85. The fraction of sp³-hybridized carbons (Fsp3) is 0.933. The van der Waals surface area contributed by atoms with E-state index in [4.69, 9.17) is 4.74 Å². The third-order valence-corrected chi connectivity index (χ3v) is 5.04. The van der Waals surface area contributed by atoms with Gasteiger partial charge in [-0.3, -0.25) is 14.6 Å². The van der Waals surface area contributed by atoms with Crippen LogP contribution in [0.5, 0.6) is 0 Å². The first kappa shape index (κ1) is 14.3. The van der Waals surface area contributed by atoms with Crippen LogP contribution in [0.2, 0.25) is 0 Å². The Morgan fingerprint density at radius 2 is 1.50 bits per heavy atom. The van der Waals surface area contributed by atoms with E-state index in [1.807, 2.05) is 0 Å². The summed E-state index contributed by atoms with van der Waals surface area (Å²) in [6.07, 6.45) is 7.39. The molecule has 0 aromatic heterocycles. The molecule has 3 fully saturated rings. The number of nitrogens with zero attached hydrogens (tertiary/aromatic N) is 2. The summed E-state index contributed by atoms with van der Waals surface area (Å²) in [6, 6.07) is 0.171. The molecule has 1 amide bonds. The molecule has 3 aliphatic heterocycles. The van der Waals surface area contributed by atoms with E-state index >= 15 is 0 Å². The van der Waals surface area contributed by atoms with Crippen molar-refractivity contribution >= 4 is 5.91 Å². The van der Waals surface area contributed by atoms with E-state index in [9.17, 15) is 4.79 Å². The van der Waals surface area contributed by atoms with Crippen LogP contribution in [0, 0.1) is 0 Å². The minimum atomic E-state index is -0.146. The topological polar surface area (TPSA) is 44.8 Å². The second-order valence-corrected chi connectivity index (χ2v) is 6.29. The van der Waals surface area contributed by atoms with Crippen LogP contribution in [0.25, 0.3) is 0 Å². The molecule has 0 spiro atoms. The maximum atomic E-state index is 12.4. The Hall–Kier alpha value is -0.650. The van der Waals surface area contributed by atoms with Crippen LogP contribution in [-0.4, -0.2) is 67.3 Å². The molecular weight excluding hydrogens is 254 g/mol. The van der Waals surface area contributed by atoms with Gasteiger partial charge in [-0.2, -0.15) is 0 Å². The van der Waals surface area contributed by atoms with Crippen LogP contribution < -0.4 is 5.32 Å². The molecule has 3 unspecified atom stereocenters. The lowest BCUT2D eigenvalue weighted by Crippen LogP contribution is -2.57. The summed E-state index contributed by atoms with van der Waals surface area (Å²) in [4.78, 5) is 17.3. The maximum Gasteiger partial charge on any atom is 0.241 e. The van der Waals surface area contributed by atoms with Crippen molar-refractivity contribution < 1.29 is 9.53 Å². The highest BCUT2D eigenvalue weighted by Crippen LogP contribution is 2.27. The number of carbonyl (C=O) groups excluding carboxylic acids is 1. The zero-order valence-corrected chi connectivity index (χ0v) is 12.5. The van der Waals surface area contributed by atoms with Gasteiger partial charge in [0.1, 0.15) is 12.3 Å². The monoisotopic (exact) mass is 281 g/mol. The van der Waals surface area contributed by atoms with Crippen LogP contribution in [-0.2, 0) is 9.53 Å². The zero-order chi connectivity index (χ0) is 13.9. The highest BCUT2D eigenvalue weighted by molar-refractivity contribution is 5.85. The fourth-order valence-electron chi connectivity index (χ4n) is 4.02. The molecule has 0 bridgehead atoms. The van der Waals surface area contributed by atoms with Crippen molar-refractivity contribution in [2.24, 2.45) is 0 Å². The lowest BCUT2D eigenvalue weighted by Gasteiger charge is -2.41. The molecule has 5 heteroatoms. The molecule has 1 N–H and O–H groups in total. The number of ether oxygens (including phenoxy) is 1. The van der Waals surface area contributed by atoms with Crippen molar-refractivity contribution in [1.82, 2.24) is 15.1 Å². The van der Waals surface area contributed by atoms with Crippen LogP contribution >= 0.6 is 0 Å². The number of carbonyl (C=O) groups is 1. The van der Waals surface area contributed by atoms with Gasteiger partial charge in [-0.25, -0.2) is 0 Å². The number of rotatable bonds is 3. The Bertz CT molecular complexity index is 338. The maximum absolute atomic E-state index is 12.4. The predicted octanol–water partition coefficient (Wildman–Crippen LogP) is 0.798. The molecule has 0 radical (unpaired) electrons. The van der Waals surface area contributed by atoms with Crippen molar-refractivity contribution in [1.29, 1.82) is 0 Å². The Morgan fingerprint density at radius 1 is 0.950 bits per heavy atom. The molecule has 3 saturated heterocycles. The summed E-state index contributed by atoms with van der Waals surface area (Å²) in [5.74, 6) is 0.161. The Morgan fingerprint density at radius 3 is 2.05 bits per heavy atom. The van der Waals surface area contributed by atoms with E-state index in [1.54, 1.807) is 7.11 Å². The zero-order valence-electron chi connectivity index (χ0n) is 12.5. The first-order valence-corrected chi connectivity index (χ1v) is 8.12. The van der Waals surface area contributed by atoms with Gasteiger partial charge in [-0.05, 0) is 51.9 Å². The van der Waals surface area contributed by atoms with Crippen molar-refractivity contribution in [3.8, 4) is 0 Å². The molecule has 114 valence electrons. The summed E-state index contributed by atoms with van der Waals surface area (Å²) >= 11 is 0. The fourth-order valence-corrected chi connectivity index (χ4v) is 4.02. The SMILES string of the molecule is COC1NC(=O)C(N2CCCCC2)C1N1CCCCC1. The summed E-state index contributed by atoms with van der Waals surface area (Å²) in [6.45, 7) is 4.31. The smallest absolute Gasteiger partial charge is 0.241 e. The number of likely N-dealkylation sites (tertiary alicyclic amines) is 2. The summed E-state index contributed by atoms with van der Waals surface area (Å²) in [7, 11) is 1.71. The quantitative estimate of drug-likeness (QED) is 0.831. The molecule has 3 aliphatic rings. The number of nitrogens with one attached hydrogen (secondary N) is 1. The number of hydrogen-bond acceptors (Lipinski definition) is 4. The van der Waals surface area contributed by atoms with Gasteiger partial charge in [-0.1, -0.05) is 12.8 Å². The highest BCUT2D eigenvalue weighted by atomic mass is 16.5.